The normalized spacial score (nSPS) is 19.4. The molecule has 7 nitrogen and oxygen atoms in total. The van der Waals surface area contributed by atoms with Crippen molar-refractivity contribution in [1.82, 2.24) is 19.9 Å². The fourth-order valence-electron chi connectivity index (χ4n) is 3.49. The Kier molecular flexibility index (Phi) is 7.14. The van der Waals surface area contributed by atoms with Gasteiger partial charge in [0.15, 0.2) is 5.15 Å². The molecule has 1 saturated heterocycles. The molecule has 1 atom stereocenters. The predicted octanol–water partition coefficient (Wildman–Crippen LogP) is 0.947. The maximum absolute atomic E-state index is 13.3. The van der Waals surface area contributed by atoms with E-state index in [4.69, 9.17) is 58.7 Å². The number of carbonyl (C=O) groups is 1. The molecular formula is C16H12B6ClF3N6OS. The van der Waals surface area contributed by atoms with Crippen molar-refractivity contribution in [3.63, 3.8) is 0 Å². The molecule has 1 aliphatic heterocycles. The van der Waals surface area contributed by atoms with Crippen LogP contribution in [0.3, 0.4) is 0 Å². The molecule has 1 fully saturated rings. The molecule has 0 saturated carbocycles. The highest BCUT2D eigenvalue weighted by Gasteiger charge is 2.57. The van der Waals surface area contributed by atoms with Crippen LogP contribution in [-0.2, 0) is 16.4 Å². The van der Waals surface area contributed by atoms with Gasteiger partial charge in [0, 0.05) is 19.3 Å². The van der Waals surface area contributed by atoms with E-state index in [1.54, 1.807) is 6.92 Å². The highest BCUT2D eigenvalue weighted by Crippen LogP contribution is 2.52. The lowest BCUT2D eigenvalue weighted by atomic mass is 9.32. The van der Waals surface area contributed by atoms with Crippen molar-refractivity contribution in [2.45, 2.75) is 35.3 Å². The lowest BCUT2D eigenvalue weighted by Crippen LogP contribution is -2.56. The van der Waals surface area contributed by atoms with E-state index in [0.29, 0.717) is 6.20 Å². The number of nitrogens with one attached hydrogen (secondary N) is 2. The predicted molar refractivity (Wildman–Crippen MR) is 130 cm³/mol. The van der Waals surface area contributed by atoms with Crippen LogP contribution in [0.15, 0.2) is 6.20 Å². The van der Waals surface area contributed by atoms with Crippen LogP contribution < -0.4 is 10.6 Å². The number of alkyl halides is 3. The smallest absolute Gasteiger partial charge is 0.370 e. The zero-order valence-electron chi connectivity index (χ0n) is 17.8. The van der Waals surface area contributed by atoms with E-state index in [-0.39, 0.29) is 40.6 Å². The third-order valence-electron chi connectivity index (χ3n) is 5.14. The number of hydrogen-bond donors (Lipinski definition) is 2. The Morgan fingerprint density at radius 3 is 2.35 bits per heavy atom. The van der Waals surface area contributed by atoms with E-state index >= 15 is 0 Å². The van der Waals surface area contributed by atoms with E-state index in [0.717, 1.165) is 16.2 Å². The van der Waals surface area contributed by atoms with Crippen LogP contribution in [0.5, 0.6) is 0 Å². The Labute approximate surface area is 211 Å². The number of likely N-dealkylation sites (tertiary alicyclic amines) is 1. The van der Waals surface area contributed by atoms with E-state index in [2.05, 4.69) is 25.6 Å². The van der Waals surface area contributed by atoms with E-state index in [1.165, 1.54) is 0 Å². The van der Waals surface area contributed by atoms with Crippen LogP contribution in [0.2, 0.25) is 10.3 Å². The SMILES string of the molecule is [B]C([B])([B])N1CCC(c2nc(Cl)c(Nc3ncc(C(F)(F)F)c(NCC)n3)s2)(C([B])([B])[B])C1=O. The van der Waals surface area contributed by atoms with Crippen molar-refractivity contribution >= 4 is 92.7 Å². The molecule has 3 rings (SSSR count). The van der Waals surface area contributed by atoms with E-state index < -0.39 is 39.2 Å². The molecule has 2 aromatic heterocycles. The number of aromatic nitrogens is 3. The number of anilines is 3. The first kappa shape index (κ1) is 26.8. The number of amides is 1. The maximum atomic E-state index is 13.3. The molecule has 2 aromatic rings. The van der Waals surface area contributed by atoms with Crippen molar-refractivity contribution in [2.24, 2.45) is 0 Å². The molecule has 0 spiro atoms. The zero-order valence-corrected chi connectivity index (χ0v) is 19.4. The van der Waals surface area contributed by atoms with Crippen molar-refractivity contribution in [3.05, 3.63) is 21.9 Å². The molecule has 3 heterocycles. The molecule has 1 aliphatic rings. The Morgan fingerprint density at radius 2 is 1.85 bits per heavy atom. The first-order valence-electron chi connectivity index (χ1n) is 9.69. The number of halogens is 4. The lowest BCUT2D eigenvalue weighted by molar-refractivity contribution is -0.137. The van der Waals surface area contributed by atoms with Crippen LogP contribution in [0, 0.1) is 0 Å². The third kappa shape index (κ3) is 4.82. The minimum Gasteiger partial charge on any atom is -0.370 e. The summed E-state index contributed by atoms with van der Waals surface area (Å²) in [7, 11) is 34.9. The van der Waals surface area contributed by atoms with Gasteiger partial charge in [-0.05, 0) is 13.3 Å². The average Bonchev–Trinajstić information content (AvgIpc) is 3.21. The highest BCUT2D eigenvalue weighted by molar-refractivity contribution is 7.16. The monoisotopic (exact) mass is 494 g/mol. The minimum atomic E-state index is -4.66. The van der Waals surface area contributed by atoms with Gasteiger partial charge >= 0.3 is 6.18 Å². The second-order valence-electron chi connectivity index (χ2n) is 7.68. The van der Waals surface area contributed by atoms with Gasteiger partial charge in [-0.25, -0.2) is 9.97 Å². The Balaban J connectivity index is 2.01. The number of thiazole rings is 1. The van der Waals surface area contributed by atoms with Crippen molar-refractivity contribution in [3.8, 4) is 0 Å². The summed E-state index contributed by atoms with van der Waals surface area (Å²) in [5.74, 6) is -1.40. The summed E-state index contributed by atoms with van der Waals surface area (Å²) >= 11 is 7.06. The van der Waals surface area contributed by atoms with Crippen molar-refractivity contribution in [1.29, 1.82) is 0 Å². The molecule has 1 unspecified atom stereocenters. The molecule has 0 bridgehead atoms. The third-order valence-corrected chi connectivity index (χ3v) is 6.66. The first-order valence-corrected chi connectivity index (χ1v) is 10.9. The number of rotatable bonds is 7. The van der Waals surface area contributed by atoms with Crippen LogP contribution in [0.1, 0.15) is 23.9 Å². The zero-order chi connectivity index (χ0) is 25.7. The van der Waals surface area contributed by atoms with E-state index in [1.807, 2.05) is 0 Å². The quantitative estimate of drug-likeness (QED) is 0.559. The van der Waals surface area contributed by atoms with Crippen molar-refractivity contribution in [2.75, 3.05) is 23.7 Å². The van der Waals surface area contributed by atoms with Crippen LogP contribution >= 0.6 is 22.9 Å². The fraction of sp³-hybridized carbons (Fsp3) is 0.500. The Hall–Kier alpha value is -1.75. The van der Waals surface area contributed by atoms with Gasteiger partial charge in [-0.15, -0.1) is 5.11 Å². The van der Waals surface area contributed by atoms with Gasteiger partial charge in [0.05, 0.1) is 52.5 Å². The number of hydrogen-bond acceptors (Lipinski definition) is 7. The summed E-state index contributed by atoms with van der Waals surface area (Å²) in [5.41, 5.74) is -2.83. The van der Waals surface area contributed by atoms with Crippen LogP contribution in [-0.4, -0.2) is 91.2 Å². The lowest BCUT2D eigenvalue weighted by Gasteiger charge is -2.42. The topological polar surface area (TPSA) is 83.0 Å². The fourth-order valence-corrected chi connectivity index (χ4v) is 4.93. The first-order chi connectivity index (χ1) is 15.5. The summed E-state index contributed by atoms with van der Waals surface area (Å²) < 4.78 is 39.6. The van der Waals surface area contributed by atoms with Gasteiger partial charge in [0.2, 0.25) is 11.9 Å². The second-order valence-corrected chi connectivity index (χ2v) is 9.04. The van der Waals surface area contributed by atoms with Crippen LogP contribution in [0.4, 0.5) is 29.9 Å². The molecule has 0 aliphatic carbocycles. The number of carbonyl (C=O) groups excluding carboxylic acids is 1. The van der Waals surface area contributed by atoms with Crippen LogP contribution in [0.25, 0.3) is 0 Å². The van der Waals surface area contributed by atoms with E-state index in [9.17, 15) is 18.0 Å². The molecule has 18 heteroatoms. The summed E-state index contributed by atoms with van der Waals surface area (Å²) in [4.78, 5) is 25.9. The molecule has 164 valence electrons. The van der Waals surface area contributed by atoms with Gasteiger partial charge in [-0.3, -0.25) is 4.79 Å². The molecule has 1 amide bonds. The summed E-state index contributed by atoms with van der Waals surface area (Å²) in [6.45, 7) is 1.77. The molecule has 2 N–H and O–H groups in total. The summed E-state index contributed by atoms with van der Waals surface area (Å²) in [6.07, 6.45) is -4.08. The minimum absolute atomic E-state index is 0.0167. The second kappa shape index (κ2) is 9.04. The largest absolute Gasteiger partial charge is 0.421 e. The Bertz CT molecular complexity index is 1090. The molecular weight excluding hydrogens is 482 g/mol. The average molecular weight is 494 g/mol. The van der Waals surface area contributed by atoms with Gasteiger partial charge in [0.1, 0.15) is 21.4 Å². The Morgan fingerprint density at radius 1 is 1.21 bits per heavy atom. The summed E-state index contributed by atoms with van der Waals surface area (Å²) in [5, 5.41) is 1.07. The van der Waals surface area contributed by atoms with Gasteiger partial charge in [-0.1, -0.05) is 28.2 Å². The molecule has 12 radical (unpaired) electrons. The maximum Gasteiger partial charge on any atom is 0.421 e. The van der Waals surface area contributed by atoms with Gasteiger partial charge < -0.3 is 15.5 Å². The van der Waals surface area contributed by atoms with Gasteiger partial charge in [0.25, 0.3) is 0 Å². The van der Waals surface area contributed by atoms with Gasteiger partial charge in [-0.2, -0.15) is 18.2 Å². The van der Waals surface area contributed by atoms with Crippen molar-refractivity contribution < 1.29 is 18.0 Å². The highest BCUT2D eigenvalue weighted by atomic mass is 35.5. The summed E-state index contributed by atoms with van der Waals surface area (Å²) in [6, 6.07) is 0. The molecule has 0 aromatic carbocycles. The standard InChI is InChI=1S/C16H12B6ClF3N6OS/c1-2-27-8-6(14(24,25)26)5-28-12(30-8)31-9-7(23)29-10(34-9)13(15(17,18)19)3-4-32(11(13)33)16(20,21)22/h5H,2-4H2,1H3,(H2,27,28,30,31). The number of nitrogens with zero attached hydrogens (tertiary/aromatic N) is 4. The molecule has 34 heavy (non-hydrogen) atoms.